The number of nitrogens with zero attached hydrogens (tertiary/aromatic N) is 1. The van der Waals surface area contributed by atoms with E-state index in [2.05, 4.69) is 0 Å². The second-order valence-electron chi connectivity index (χ2n) is 4.44. The van der Waals surface area contributed by atoms with Crippen molar-refractivity contribution in [1.82, 2.24) is 4.90 Å². The molecule has 1 fully saturated rings. The van der Waals surface area contributed by atoms with E-state index in [0.717, 1.165) is 4.90 Å². The number of aliphatic carboxylic acids is 1. The second-order valence-corrected chi connectivity index (χ2v) is 4.84. The number of hydrogen-bond acceptors (Lipinski definition) is 4. The smallest absolute Gasteiger partial charge is 0.326 e. The third kappa shape index (κ3) is 2.64. The number of β-amino-alcohol motifs (C(OH)–C–C–N with tert-alkyl or cyclic N) is 1. The highest BCUT2D eigenvalue weighted by Crippen LogP contribution is 2.24. The molecule has 0 bridgehead atoms. The predicted octanol–water partition coefficient (Wildman–Crippen LogP) is 0.582. The Hall–Kier alpha value is -1.79. The first-order chi connectivity index (χ1) is 8.90. The number of nitrogens with two attached hydrogens (primary N) is 1. The molecule has 6 nitrogen and oxygen atoms in total. The summed E-state index contributed by atoms with van der Waals surface area (Å²) in [5, 5.41) is 18.9. The van der Waals surface area contributed by atoms with Gasteiger partial charge in [-0.3, -0.25) is 4.79 Å². The predicted molar refractivity (Wildman–Crippen MR) is 68.9 cm³/mol. The lowest BCUT2D eigenvalue weighted by atomic mass is 10.1. The van der Waals surface area contributed by atoms with E-state index in [9.17, 15) is 14.7 Å². The highest BCUT2D eigenvalue weighted by Gasteiger charge is 2.39. The van der Waals surface area contributed by atoms with E-state index in [0.29, 0.717) is 5.02 Å². The molecule has 1 saturated heterocycles. The van der Waals surface area contributed by atoms with Crippen molar-refractivity contribution in [2.45, 2.75) is 18.6 Å². The van der Waals surface area contributed by atoms with Gasteiger partial charge in [-0.25, -0.2) is 4.79 Å². The number of carbonyl (C=O) groups is 2. The van der Waals surface area contributed by atoms with Crippen LogP contribution in [-0.2, 0) is 4.79 Å². The van der Waals surface area contributed by atoms with Gasteiger partial charge in [-0.15, -0.1) is 0 Å². The van der Waals surface area contributed by atoms with Gasteiger partial charge in [-0.05, 0) is 18.2 Å². The molecule has 1 aromatic rings. The molecular weight excluding hydrogens is 272 g/mol. The number of aliphatic hydroxyl groups excluding tert-OH is 1. The summed E-state index contributed by atoms with van der Waals surface area (Å²) in [6.07, 6.45) is -0.792. The van der Waals surface area contributed by atoms with Gasteiger partial charge >= 0.3 is 5.97 Å². The molecule has 2 atom stereocenters. The van der Waals surface area contributed by atoms with Gasteiger partial charge in [0.05, 0.1) is 16.8 Å². The van der Waals surface area contributed by atoms with Gasteiger partial charge in [0.25, 0.3) is 5.91 Å². The van der Waals surface area contributed by atoms with Crippen LogP contribution in [0.5, 0.6) is 0 Å². The number of rotatable bonds is 2. The summed E-state index contributed by atoms with van der Waals surface area (Å²) in [7, 11) is 0. The monoisotopic (exact) mass is 284 g/mol. The molecule has 0 radical (unpaired) electrons. The average molecular weight is 285 g/mol. The molecule has 1 heterocycles. The fourth-order valence-corrected chi connectivity index (χ4v) is 2.23. The minimum atomic E-state index is -1.13. The number of carboxylic acids is 1. The van der Waals surface area contributed by atoms with Crippen molar-refractivity contribution in [2.24, 2.45) is 0 Å². The summed E-state index contributed by atoms with van der Waals surface area (Å²) < 4.78 is 0. The number of benzene rings is 1. The normalized spacial score (nSPS) is 22.5. The van der Waals surface area contributed by atoms with Crippen LogP contribution in [-0.4, -0.2) is 45.7 Å². The summed E-state index contributed by atoms with van der Waals surface area (Å²) in [4.78, 5) is 24.4. The maximum atomic E-state index is 12.2. The van der Waals surface area contributed by atoms with Crippen LogP contribution >= 0.6 is 11.6 Å². The molecule has 4 N–H and O–H groups in total. The van der Waals surface area contributed by atoms with Gasteiger partial charge < -0.3 is 20.8 Å². The van der Waals surface area contributed by atoms with E-state index >= 15 is 0 Å². The van der Waals surface area contributed by atoms with Gasteiger partial charge in [-0.2, -0.15) is 0 Å². The maximum Gasteiger partial charge on any atom is 0.326 e. The Morgan fingerprint density at radius 3 is 2.68 bits per heavy atom. The lowest BCUT2D eigenvalue weighted by Crippen LogP contribution is -2.40. The van der Waals surface area contributed by atoms with E-state index in [1.807, 2.05) is 0 Å². The SMILES string of the molecule is Nc1cc(C(=O)N2CC(O)C[C@H]2C(=O)O)ccc1Cl. The van der Waals surface area contributed by atoms with E-state index in [-0.39, 0.29) is 24.2 Å². The molecule has 0 aliphatic carbocycles. The quantitative estimate of drug-likeness (QED) is 0.689. The highest BCUT2D eigenvalue weighted by molar-refractivity contribution is 6.33. The van der Waals surface area contributed by atoms with Crippen molar-refractivity contribution in [3.8, 4) is 0 Å². The fourth-order valence-electron chi connectivity index (χ4n) is 2.11. The molecule has 0 aromatic heterocycles. The summed E-state index contributed by atoms with van der Waals surface area (Å²) in [5.74, 6) is -1.61. The number of carbonyl (C=O) groups excluding carboxylic acids is 1. The topological polar surface area (TPSA) is 104 Å². The van der Waals surface area contributed by atoms with Crippen molar-refractivity contribution < 1.29 is 19.8 Å². The van der Waals surface area contributed by atoms with Crippen molar-refractivity contribution in [3.63, 3.8) is 0 Å². The van der Waals surface area contributed by atoms with Gasteiger partial charge in [-0.1, -0.05) is 11.6 Å². The third-order valence-electron chi connectivity index (χ3n) is 3.07. The second kappa shape index (κ2) is 5.07. The van der Waals surface area contributed by atoms with Gasteiger partial charge in [0.1, 0.15) is 6.04 Å². The number of likely N-dealkylation sites (tertiary alicyclic amines) is 1. The van der Waals surface area contributed by atoms with E-state index < -0.39 is 24.0 Å². The summed E-state index contributed by atoms with van der Waals surface area (Å²) in [5.41, 5.74) is 6.11. The Balaban J connectivity index is 2.27. The molecule has 1 amide bonds. The summed E-state index contributed by atoms with van der Waals surface area (Å²) in [6.45, 7) is -0.00166. The first kappa shape index (κ1) is 13.6. The Kier molecular flexibility index (Phi) is 3.64. The molecule has 102 valence electrons. The van der Waals surface area contributed by atoms with E-state index in [1.54, 1.807) is 0 Å². The minimum absolute atomic E-state index is 0.00166. The zero-order valence-electron chi connectivity index (χ0n) is 9.91. The molecule has 1 aliphatic rings. The zero-order chi connectivity index (χ0) is 14.2. The Morgan fingerprint density at radius 1 is 1.42 bits per heavy atom. The van der Waals surface area contributed by atoms with Crippen LogP contribution in [0.2, 0.25) is 5.02 Å². The van der Waals surface area contributed by atoms with Crippen molar-refractivity contribution in [2.75, 3.05) is 12.3 Å². The number of nitrogen functional groups attached to an aromatic ring is 1. The Morgan fingerprint density at radius 2 is 2.11 bits per heavy atom. The third-order valence-corrected chi connectivity index (χ3v) is 3.41. The first-order valence-electron chi connectivity index (χ1n) is 5.67. The maximum absolute atomic E-state index is 12.2. The molecule has 2 rings (SSSR count). The molecule has 7 heteroatoms. The fraction of sp³-hybridized carbons (Fsp3) is 0.333. The van der Waals surface area contributed by atoms with Crippen LogP contribution in [0.1, 0.15) is 16.8 Å². The largest absolute Gasteiger partial charge is 0.480 e. The lowest BCUT2D eigenvalue weighted by Gasteiger charge is -2.21. The molecule has 0 saturated carbocycles. The molecule has 1 aliphatic heterocycles. The van der Waals surface area contributed by atoms with Crippen LogP contribution in [0.15, 0.2) is 18.2 Å². The van der Waals surface area contributed by atoms with Crippen LogP contribution < -0.4 is 5.73 Å². The lowest BCUT2D eigenvalue weighted by molar-refractivity contribution is -0.141. The van der Waals surface area contributed by atoms with Gasteiger partial charge in [0, 0.05) is 18.5 Å². The van der Waals surface area contributed by atoms with E-state index in [1.165, 1.54) is 18.2 Å². The standard InChI is InChI=1S/C12H13ClN2O4/c13-8-2-1-6(3-9(8)14)11(17)15-5-7(16)4-10(15)12(18)19/h1-3,7,10,16H,4-5,14H2,(H,18,19)/t7?,10-/m0/s1. The number of carboxylic acid groups (broad SMARTS) is 1. The highest BCUT2D eigenvalue weighted by atomic mass is 35.5. The van der Waals surface area contributed by atoms with Gasteiger partial charge in [0.15, 0.2) is 0 Å². The van der Waals surface area contributed by atoms with Crippen LogP contribution in [0, 0.1) is 0 Å². The minimum Gasteiger partial charge on any atom is -0.480 e. The zero-order valence-corrected chi connectivity index (χ0v) is 10.7. The summed E-state index contributed by atoms with van der Waals surface area (Å²) >= 11 is 5.76. The molecule has 1 unspecified atom stereocenters. The van der Waals surface area contributed by atoms with E-state index in [4.69, 9.17) is 22.4 Å². The number of halogens is 1. The first-order valence-corrected chi connectivity index (χ1v) is 6.05. The molecule has 19 heavy (non-hydrogen) atoms. The molecule has 0 spiro atoms. The number of amides is 1. The van der Waals surface area contributed by atoms with Crippen LogP contribution in [0.4, 0.5) is 5.69 Å². The molecule has 1 aromatic carbocycles. The summed E-state index contributed by atoms with van der Waals surface area (Å²) in [6, 6.07) is 3.34. The van der Waals surface area contributed by atoms with Crippen LogP contribution in [0.3, 0.4) is 0 Å². The van der Waals surface area contributed by atoms with Crippen molar-refractivity contribution in [1.29, 1.82) is 0 Å². The van der Waals surface area contributed by atoms with Crippen molar-refractivity contribution in [3.05, 3.63) is 28.8 Å². The Bertz CT molecular complexity index is 534. The van der Waals surface area contributed by atoms with Crippen molar-refractivity contribution >= 4 is 29.2 Å². The van der Waals surface area contributed by atoms with Crippen LogP contribution in [0.25, 0.3) is 0 Å². The Labute approximate surface area is 114 Å². The van der Waals surface area contributed by atoms with Gasteiger partial charge in [0.2, 0.25) is 0 Å². The number of anilines is 1. The average Bonchev–Trinajstić information content (AvgIpc) is 2.74. The number of hydrogen-bond donors (Lipinski definition) is 3. The molecular formula is C12H13ClN2O4. The number of aliphatic hydroxyl groups is 1.